The molecule has 0 aliphatic rings. The van der Waals surface area contributed by atoms with Gasteiger partial charge in [0.2, 0.25) is 6.41 Å². The molecule has 0 aliphatic heterocycles. The molecule has 1 aromatic heterocycles. The van der Waals surface area contributed by atoms with Crippen LogP contribution >= 0.6 is 0 Å². The summed E-state index contributed by atoms with van der Waals surface area (Å²) in [6.07, 6.45) is 1.07. The fraction of sp³-hybridized carbons (Fsp3) is 0.250. The first kappa shape index (κ1) is 30.0. The SMILES string of the molecule is COc1ccc(-c2cc3c(C=O)c(-c4ccc(F)cc4)oc3cc2OCC(C)C)cc1C(=O)NC(C)(C)C(=N)NC=O. The number of halogens is 1. The van der Waals surface area contributed by atoms with Gasteiger partial charge in [0.05, 0.1) is 30.4 Å². The van der Waals surface area contributed by atoms with Crippen LogP contribution in [0, 0.1) is 17.1 Å². The predicted molar refractivity (Wildman–Crippen MR) is 158 cm³/mol. The molecule has 0 atom stereocenters. The second-order valence-electron chi connectivity index (χ2n) is 10.7. The molecule has 42 heavy (non-hydrogen) atoms. The van der Waals surface area contributed by atoms with Gasteiger partial charge in [-0.15, -0.1) is 0 Å². The van der Waals surface area contributed by atoms with Crippen molar-refractivity contribution in [3.8, 4) is 33.9 Å². The fourth-order valence-electron chi connectivity index (χ4n) is 4.38. The zero-order valence-corrected chi connectivity index (χ0v) is 24.0. The van der Waals surface area contributed by atoms with E-state index < -0.39 is 17.3 Å². The van der Waals surface area contributed by atoms with Crippen molar-refractivity contribution in [3.63, 3.8) is 0 Å². The molecule has 4 aromatic rings. The van der Waals surface area contributed by atoms with Crippen LogP contribution in [0.3, 0.4) is 0 Å². The van der Waals surface area contributed by atoms with Crippen LogP contribution in [0.4, 0.5) is 4.39 Å². The van der Waals surface area contributed by atoms with E-state index in [0.29, 0.717) is 69.8 Å². The maximum absolute atomic E-state index is 13.6. The van der Waals surface area contributed by atoms with Gasteiger partial charge in [-0.25, -0.2) is 4.39 Å². The minimum atomic E-state index is -1.18. The highest BCUT2D eigenvalue weighted by Crippen LogP contribution is 2.41. The lowest BCUT2D eigenvalue weighted by molar-refractivity contribution is -0.108. The van der Waals surface area contributed by atoms with Gasteiger partial charge in [0.1, 0.15) is 34.5 Å². The van der Waals surface area contributed by atoms with E-state index >= 15 is 0 Å². The third-order valence-electron chi connectivity index (χ3n) is 6.63. The number of ether oxygens (including phenoxy) is 2. The lowest BCUT2D eigenvalue weighted by Gasteiger charge is -2.26. The van der Waals surface area contributed by atoms with Gasteiger partial charge in [0.25, 0.3) is 5.91 Å². The quantitative estimate of drug-likeness (QED) is 0.115. The Balaban J connectivity index is 1.87. The van der Waals surface area contributed by atoms with E-state index in [1.54, 1.807) is 44.2 Å². The largest absolute Gasteiger partial charge is 0.496 e. The average molecular weight is 574 g/mol. The highest BCUT2D eigenvalue weighted by Gasteiger charge is 2.28. The Hall–Kier alpha value is -4.99. The van der Waals surface area contributed by atoms with E-state index in [1.807, 2.05) is 13.8 Å². The van der Waals surface area contributed by atoms with Crippen LogP contribution in [0.25, 0.3) is 33.4 Å². The minimum absolute atomic E-state index is 0.186. The number of hydrogen-bond acceptors (Lipinski definition) is 7. The van der Waals surface area contributed by atoms with Gasteiger partial charge in [-0.3, -0.25) is 19.8 Å². The summed E-state index contributed by atoms with van der Waals surface area (Å²) in [4.78, 5) is 36.5. The third-order valence-corrected chi connectivity index (χ3v) is 6.63. The van der Waals surface area contributed by atoms with E-state index in [9.17, 15) is 18.8 Å². The predicted octanol–water partition coefficient (Wildman–Crippen LogP) is 5.99. The highest BCUT2D eigenvalue weighted by molar-refractivity contribution is 6.06. The fourth-order valence-corrected chi connectivity index (χ4v) is 4.38. The van der Waals surface area contributed by atoms with Gasteiger partial charge in [-0.1, -0.05) is 19.9 Å². The van der Waals surface area contributed by atoms with Crippen molar-refractivity contribution >= 4 is 35.4 Å². The van der Waals surface area contributed by atoms with E-state index in [1.165, 1.54) is 31.4 Å². The van der Waals surface area contributed by atoms with Crippen molar-refractivity contribution in [1.29, 1.82) is 5.41 Å². The van der Waals surface area contributed by atoms with Crippen LogP contribution in [0.1, 0.15) is 48.4 Å². The molecular formula is C32H32FN3O6. The summed E-state index contributed by atoms with van der Waals surface area (Å²) in [6.45, 7) is 7.59. The number of nitrogens with one attached hydrogen (secondary N) is 3. The maximum Gasteiger partial charge on any atom is 0.255 e. The third kappa shape index (κ3) is 6.17. The second-order valence-corrected chi connectivity index (χ2v) is 10.7. The number of fused-ring (bicyclic) bond motifs is 1. The zero-order chi connectivity index (χ0) is 30.6. The van der Waals surface area contributed by atoms with Gasteiger partial charge in [0, 0.05) is 22.6 Å². The number of hydrogen-bond donors (Lipinski definition) is 3. The molecule has 1 heterocycles. The molecule has 0 aliphatic carbocycles. The molecule has 3 N–H and O–H groups in total. The Morgan fingerprint density at radius 2 is 1.74 bits per heavy atom. The molecule has 0 saturated carbocycles. The van der Waals surface area contributed by atoms with Gasteiger partial charge in [-0.2, -0.15) is 0 Å². The van der Waals surface area contributed by atoms with Gasteiger partial charge in [-0.05, 0) is 67.8 Å². The van der Waals surface area contributed by atoms with E-state index in [4.69, 9.17) is 19.3 Å². The topological polar surface area (TPSA) is 131 Å². The molecular weight excluding hydrogens is 541 g/mol. The molecule has 3 aromatic carbocycles. The summed E-state index contributed by atoms with van der Waals surface area (Å²) in [5, 5.41) is 13.6. The van der Waals surface area contributed by atoms with Crippen LogP contribution in [0.15, 0.2) is 59.0 Å². The summed E-state index contributed by atoms with van der Waals surface area (Å²) in [7, 11) is 1.44. The number of carbonyl (C=O) groups is 3. The van der Waals surface area contributed by atoms with E-state index in [0.717, 1.165) is 0 Å². The lowest BCUT2D eigenvalue weighted by Crippen LogP contribution is -2.54. The molecule has 0 bridgehead atoms. The summed E-state index contributed by atoms with van der Waals surface area (Å²) >= 11 is 0. The van der Waals surface area contributed by atoms with Crippen LogP contribution in [0.5, 0.6) is 11.5 Å². The number of aldehydes is 1. The van der Waals surface area contributed by atoms with Gasteiger partial charge >= 0.3 is 0 Å². The van der Waals surface area contributed by atoms with Crippen LogP contribution < -0.4 is 20.1 Å². The van der Waals surface area contributed by atoms with Crippen LogP contribution in [-0.4, -0.2) is 43.7 Å². The standard InChI is InChI=1S/C32H32FN3O6/c1-18(2)16-41-27-14-28-23(25(15-37)29(42-28)19-6-9-21(33)10-7-19)13-22(27)20-8-11-26(40-5)24(12-20)30(39)36-32(3,4)31(34)35-17-38/h6-15,17-18H,16H2,1-5H3,(H,36,39)(H2,34,35,38). The summed E-state index contributed by atoms with van der Waals surface area (Å²) in [5.41, 5.74) is 1.45. The Morgan fingerprint density at radius 1 is 1.05 bits per heavy atom. The number of benzene rings is 3. The van der Waals surface area contributed by atoms with Crippen molar-refractivity contribution < 1.29 is 32.7 Å². The van der Waals surface area contributed by atoms with Crippen molar-refractivity contribution in [2.24, 2.45) is 5.92 Å². The number of rotatable bonds is 11. The Kier molecular flexibility index (Phi) is 8.75. The van der Waals surface area contributed by atoms with Crippen molar-refractivity contribution in [2.75, 3.05) is 13.7 Å². The van der Waals surface area contributed by atoms with Crippen LogP contribution in [0.2, 0.25) is 0 Å². The molecule has 2 amide bonds. The number of amides is 2. The molecule has 9 nitrogen and oxygen atoms in total. The summed E-state index contributed by atoms with van der Waals surface area (Å²) in [6, 6.07) is 14.2. The Bertz CT molecular complexity index is 1660. The van der Waals surface area contributed by atoms with Crippen molar-refractivity contribution in [1.82, 2.24) is 10.6 Å². The lowest BCUT2D eigenvalue weighted by atomic mass is 9.97. The van der Waals surface area contributed by atoms with Crippen LogP contribution in [-0.2, 0) is 4.79 Å². The molecule has 0 fully saturated rings. The van der Waals surface area contributed by atoms with Crippen molar-refractivity contribution in [3.05, 3.63) is 71.5 Å². The number of methoxy groups -OCH3 is 1. The molecule has 10 heteroatoms. The molecule has 0 radical (unpaired) electrons. The molecule has 0 unspecified atom stereocenters. The monoisotopic (exact) mass is 573 g/mol. The first-order chi connectivity index (χ1) is 20.0. The number of furan rings is 1. The first-order valence-corrected chi connectivity index (χ1v) is 13.2. The van der Waals surface area contributed by atoms with Gasteiger partial charge in [0.15, 0.2) is 6.29 Å². The molecule has 218 valence electrons. The second kappa shape index (κ2) is 12.3. The minimum Gasteiger partial charge on any atom is -0.496 e. The molecule has 4 rings (SSSR count). The highest BCUT2D eigenvalue weighted by atomic mass is 19.1. The molecule has 0 saturated heterocycles. The molecule has 0 spiro atoms. The Labute approximate surface area is 242 Å². The van der Waals surface area contributed by atoms with Gasteiger partial charge < -0.3 is 24.5 Å². The Morgan fingerprint density at radius 3 is 2.36 bits per heavy atom. The summed E-state index contributed by atoms with van der Waals surface area (Å²) < 4.78 is 31.3. The number of amidine groups is 1. The first-order valence-electron chi connectivity index (χ1n) is 13.2. The maximum atomic E-state index is 13.6. The smallest absolute Gasteiger partial charge is 0.255 e. The normalized spacial score (nSPS) is 11.3. The zero-order valence-electron chi connectivity index (χ0n) is 24.0. The number of carbonyl (C=O) groups excluding carboxylic acids is 3. The average Bonchev–Trinajstić information content (AvgIpc) is 3.32. The van der Waals surface area contributed by atoms with E-state index in [2.05, 4.69) is 10.6 Å². The van der Waals surface area contributed by atoms with E-state index in [-0.39, 0.29) is 17.3 Å². The summed E-state index contributed by atoms with van der Waals surface area (Å²) in [5.74, 6) is 0.154. The van der Waals surface area contributed by atoms with Crippen molar-refractivity contribution in [2.45, 2.75) is 33.2 Å².